The van der Waals surface area contributed by atoms with Gasteiger partial charge in [0.2, 0.25) is 5.95 Å². The molecule has 4 heterocycles. The summed E-state index contributed by atoms with van der Waals surface area (Å²) in [6.45, 7) is 12.3. The summed E-state index contributed by atoms with van der Waals surface area (Å²) in [5.74, 6) is 1.05. The van der Waals surface area contributed by atoms with Crippen LogP contribution in [0.25, 0.3) is 11.0 Å². The number of rotatable bonds is 9. The molecule has 0 spiro atoms. The molecule has 1 atom stereocenters. The number of morpholine rings is 1. The maximum absolute atomic E-state index is 13.6. The topological polar surface area (TPSA) is 92.6 Å². The second-order valence-electron chi connectivity index (χ2n) is 9.26. The second kappa shape index (κ2) is 11.5. The lowest BCUT2D eigenvalue weighted by Crippen LogP contribution is -2.49. The first-order chi connectivity index (χ1) is 17.6. The fourth-order valence-electron chi connectivity index (χ4n) is 4.68. The van der Waals surface area contributed by atoms with Gasteiger partial charge in [0, 0.05) is 57.6 Å². The van der Waals surface area contributed by atoms with E-state index >= 15 is 0 Å². The third kappa shape index (κ3) is 5.75. The Hall–Kier alpha value is -2.86. The maximum atomic E-state index is 13.6. The standard InChI is InChI=1S/C25H35FN8O2/c1-3-35-15-12-34-23-22(21(31-34)17-32-10-13-36-14-11-32)29-25(33-9-8-27-18(2)16-33)30-24(23)28-20-6-4-19(26)5-7-20/h4-7,18,27H,3,8-17H2,1-2H3,(H,28,29,30)/t18-/m1/s1. The number of nitrogens with one attached hydrogen (secondary N) is 2. The van der Waals surface area contributed by atoms with Crippen molar-refractivity contribution >= 4 is 28.5 Å². The summed E-state index contributed by atoms with van der Waals surface area (Å²) in [7, 11) is 0. The van der Waals surface area contributed by atoms with Crippen molar-refractivity contribution in [2.45, 2.75) is 33.0 Å². The molecule has 0 radical (unpaired) electrons. The van der Waals surface area contributed by atoms with Gasteiger partial charge in [-0.15, -0.1) is 0 Å². The molecule has 2 N–H and O–H groups in total. The Labute approximate surface area is 210 Å². The number of piperazine rings is 1. The van der Waals surface area contributed by atoms with Gasteiger partial charge in [0.1, 0.15) is 22.5 Å². The van der Waals surface area contributed by atoms with Gasteiger partial charge in [0.15, 0.2) is 5.82 Å². The van der Waals surface area contributed by atoms with E-state index in [9.17, 15) is 4.39 Å². The fourth-order valence-corrected chi connectivity index (χ4v) is 4.68. The van der Waals surface area contributed by atoms with Gasteiger partial charge in [-0.3, -0.25) is 9.58 Å². The molecule has 2 fully saturated rings. The van der Waals surface area contributed by atoms with Crippen molar-refractivity contribution in [2.24, 2.45) is 0 Å². The highest BCUT2D eigenvalue weighted by Crippen LogP contribution is 2.30. The second-order valence-corrected chi connectivity index (χ2v) is 9.26. The Morgan fingerprint density at radius 3 is 2.72 bits per heavy atom. The highest BCUT2D eigenvalue weighted by Gasteiger charge is 2.25. The number of aromatic nitrogens is 4. The largest absolute Gasteiger partial charge is 0.380 e. The van der Waals surface area contributed by atoms with Crippen molar-refractivity contribution < 1.29 is 13.9 Å². The molecule has 2 aliphatic rings. The highest BCUT2D eigenvalue weighted by atomic mass is 19.1. The molecule has 0 amide bonds. The zero-order valence-corrected chi connectivity index (χ0v) is 21.0. The first-order valence-electron chi connectivity index (χ1n) is 12.8. The number of hydrogen-bond acceptors (Lipinski definition) is 9. The molecule has 5 rings (SSSR count). The van der Waals surface area contributed by atoms with Gasteiger partial charge < -0.3 is 25.0 Å². The van der Waals surface area contributed by atoms with E-state index in [-0.39, 0.29) is 5.82 Å². The molecule has 11 heteroatoms. The van der Waals surface area contributed by atoms with Crippen molar-refractivity contribution in [2.75, 3.05) is 69.4 Å². The molecular formula is C25H35FN8O2. The third-order valence-electron chi connectivity index (χ3n) is 6.53. The molecule has 194 valence electrons. The minimum absolute atomic E-state index is 0.279. The molecule has 3 aromatic rings. The Balaban J connectivity index is 1.59. The Kier molecular flexibility index (Phi) is 7.90. The minimum atomic E-state index is -0.279. The molecular weight excluding hydrogens is 463 g/mol. The van der Waals surface area contributed by atoms with Gasteiger partial charge >= 0.3 is 0 Å². The number of benzene rings is 1. The third-order valence-corrected chi connectivity index (χ3v) is 6.53. The number of halogens is 1. The van der Waals surface area contributed by atoms with Crippen LogP contribution in [-0.4, -0.2) is 89.8 Å². The van der Waals surface area contributed by atoms with Crippen LogP contribution in [0.2, 0.25) is 0 Å². The van der Waals surface area contributed by atoms with E-state index in [1.165, 1.54) is 12.1 Å². The van der Waals surface area contributed by atoms with Crippen molar-refractivity contribution in [1.29, 1.82) is 0 Å². The summed E-state index contributed by atoms with van der Waals surface area (Å²) in [5.41, 5.74) is 3.33. The van der Waals surface area contributed by atoms with E-state index in [4.69, 9.17) is 24.5 Å². The highest BCUT2D eigenvalue weighted by molar-refractivity contribution is 5.90. The van der Waals surface area contributed by atoms with Crippen molar-refractivity contribution in [3.8, 4) is 0 Å². The molecule has 10 nitrogen and oxygen atoms in total. The molecule has 2 aliphatic heterocycles. The van der Waals surface area contributed by atoms with Crippen LogP contribution in [0.4, 0.5) is 21.8 Å². The Bertz CT molecular complexity index is 1150. The fraction of sp³-hybridized carbons (Fsp3) is 0.560. The summed E-state index contributed by atoms with van der Waals surface area (Å²) in [6.07, 6.45) is 0. The van der Waals surface area contributed by atoms with Crippen LogP contribution in [-0.2, 0) is 22.6 Å². The molecule has 2 saturated heterocycles. The number of hydrogen-bond donors (Lipinski definition) is 2. The van der Waals surface area contributed by atoms with Crippen LogP contribution in [0, 0.1) is 5.82 Å². The van der Waals surface area contributed by atoms with Crippen LogP contribution in [0.1, 0.15) is 19.5 Å². The van der Waals surface area contributed by atoms with Crippen molar-refractivity contribution in [3.63, 3.8) is 0 Å². The monoisotopic (exact) mass is 498 g/mol. The lowest BCUT2D eigenvalue weighted by Gasteiger charge is -2.32. The van der Waals surface area contributed by atoms with Gasteiger partial charge in [-0.1, -0.05) is 0 Å². The predicted octanol–water partition coefficient (Wildman–Crippen LogP) is 2.38. The summed E-state index contributed by atoms with van der Waals surface area (Å²) in [5, 5.41) is 11.9. The van der Waals surface area contributed by atoms with E-state index in [2.05, 4.69) is 27.4 Å². The SMILES string of the molecule is CCOCCn1nc(CN2CCOCC2)c2nc(N3CCN[C@H](C)C3)nc(Nc3ccc(F)cc3)c21. The van der Waals surface area contributed by atoms with Gasteiger partial charge in [0.05, 0.1) is 26.4 Å². The summed E-state index contributed by atoms with van der Waals surface area (Å²) in [4.78, 5) is 14.6. The van der Waals surface area contributed by atoms with Crippen LogP contribution in [0.15, 0.2) is 24.3 Å². The lowest BCUT2D eigenvalue weighted by molar-refractivity contribution is 0.0337. The minimum Gasteiger partial charge on any atom is -0.380 e. The molecule has 0 saturated carbocycles. The van der Waals surface area contributed by atoms with E-state index in [0.717, 1.165) is 68.4 Å². The normalized spacial score (nSPS) is 19.2. The summed E-state index contributed by atoms with van der Waals surface area (Å²) in [6, 6.07) is 6.65. The Morgan fingerprint density at radius 2 is 1.97 bits per heavy atom. The van der Waals surface area contributed by atoms with Crippen LogP contribution >= 0.6 is 0 Å². The van der Waals surface area contributed by atoms with Gasteiger partial charge in [0.25, 0.3) is 0 Å². The van der Waals surface area contributed by atoms with E-state index in [1.807, 2.05) is 11.6 Å². The van der Waals surface area contributed by atoms with Crippen molar-refractivity contribution in [1.82, 2.24) is 30.0 Å². The van der Waals surface area contributed by atoms with Crippen molar-refractivity contribution in [3.05, 3.63) is 35.8 Å². The van der Waals surface area contributed by atoms with Crippen LogP contribution in [0.3, 0.4) is 0 Å². The average molecular weight is 499 g/mol. The number of nitrogens with zero attached hydrogens (tertiary/aromatic N) is 6. The summed E-state index contributed by atoms with van der Waals surface area (Å²) >= 11 is 0. The molecule has 2 aromatic heterocycles. The molecule has 0 bridgehead atoms. The van der Waals surface area contributed by atoms with E-state index in [1.54, 1.807) is 12.1 Å². The first-order valence-corrected chi connectivity index (χ1v) is 12.8. The molecule has 0 aliphatic carbocycles. The summed E-state index contributed by atoms with van der Waals surface area (Å²) < 4.78 is 26.7. The number of ether oxygens (including phenoxy) is 2. The average Bonchev–Trinajstić information content (AvgIpc) is 3.23. The van der Waals surface area contributed by atoms with Gasteiger partial charge in [-0.25, -0.2) is 9.37 Å². The smallest absolute Gasteiger partial charge is 0.228 e. The Morgan fingerprint density at radius 1 is 1.17 bits per heavy atom. The van der Waals surface area contributed by atoms with E-state index < -0.39 is 0 Å². The molecule has 1 aromatic carbocycles. The zero-order chi connectivity index (χ0) is 24.9. The first kappa shape index (κ1) is 24.8. The zero-order valence-electron chi connectivity index (χ0n) is 21.0. The maximum Gasteiger partial charge on any atom is 0.228 e. The molecule has 36 heavy (non-hydrogen) atoms. The van der Waals surface area contributed by atoms with Crippen LogP contribution in [0.5, 0.6) is 0 Å². The molecule has 0 unspecified atom stereocenters. The van der Waals surface area contributed by atoms with Crippen LogP contribution < -0.4 is 15.5 Å². The van der Waals surface area contributed by atoms with E-state index in [0.29, 0.717) is 44.1 Å². The predicted molar refractivity (Wildman–Crippen MR) is 137 cm³/mol. The quantitative estimate of drug-likeness (QED) is 0.432. The van der Waals surface area contributed by atoms with Gasteiger partial charge in [-0.05, 0) is 38.1 Å². The number of fused-ring (bicyclic) bond motifs is 1. The van der Waals surface area contributed by atoms with Gasteiger partial charge in [-0.2, -0.15) is 10.1 Å². The number of anilines is 3. The lowest BCUT2D eigenvalue weighted by atomic mass is 10.2.